The lowest BCUT2D eigenvalue weighted by Crippen LogP contribution is -2.29. The highest BCUT2D eigenvalue weighted by molar-refractivity contribution is 5.57. The Morgan fingerprint density at radius 3 is 2.92 bits per heavy atom. The maximum Gasteiger partial charge on any atom is 0.127 e. The number of allylic oxidation sites excluding steroid dienone is 2. The summed E-state index contributed by atoms with van der Waals surface area (Å²) in [6, 6.07) is 0. The van der Waals surface area contributed by atoms with Crippen molar-refractivity contribution in [2.24, 2.45) is 17.8 Å². The molecule has 2 aliphatic carbocycles. The van der Waals surface area contributed by atoms with Gasteiger partial charge in [0, 0.05) is 5.92 Å². The van der Waals surface area contributed by atoms with Crippen LogP contribution in [-0.2, 0) is 4.79 Å². The highest BCUT2D eigenvalue weighted by Gasteiger charge is 2.31. The van der Waals surface area contributed by atoms with Gasteiger partial charge in [-0.05, 0) is 31.1 Å². The summed E-state index contributed by atoms with van der Waals surface area (Å²) >= 11 is 0. The normalized spacial score (nSPS) is 40.5. The van der Waals surface area contributed by atoms with Crippen LogP contribution < -0.4 is 0 Å². The van der Waals surface area contributed by atoms with E-state index in [1.807, 2.05) is 0 Å². The van der Waals surface area contributed by atoms with Crippen LogP contribution in [0.15, 0.2) is 12.2 Å². The molecule has 2 rings (SSSR count). The number of hydrogen-bond acceptors (Lipinski definition) is 1. The van der Waals surface area contributed by atoms with E-state index in [4.69, 9.17) is 0 Å². The average Bonchev–Trinajstić information content (AvgIpc) is 2.17. The Morgan fingerprint density at radius 2 is 2.08 bits per heavy atom. The topological polar surface area (TPSA) is 17.1 Å². The molecule has 3 unspecified atom stereocenters. The van der Waals surface area contributed by atoms with Gasteiger partial charge in [0.2, 0.25) is 0 Å². The Morgan fingerprint density at radius 1 is 1.25 bits per heavy atom. The van der Waals surface area contributed by atoms with E-state index in [2.05, 4.69) is 12.2 Å². The summed E-state index contributed by atoms with van der Waals surface area (Å²) in [7, 11) is 0. The molecule has 0 bridgehead atoms. The number of rotatable bonds is 1. The van der Waals surface area contributed by atoms with Crippen molar-refractivity contribution in [1.29, 1.82) is 0 Å². The van der Waals surface area contributed by atoms with E-state index in [1.165, 1.54) is 32.1 Å². The molecule has 66 valence electrons. The maximum absolute atomic E-state index is 10.8. The molecule has 1 fully saturated rings. The minimum atomic E-state index is 0.240. The molecule has 0 aromatic carbocycles. The van der Waals surface area contributed by atoms with E-state index >= 15 is 0 Å². The minimum absolute atomic E-state index is 0.240. The third-order valence-corrected chi connectivity index (χ3v) is 3.42. The molecule has 0 heterocycles. The van der Waals surface area contributed by atoms with Gasteiger partial charge in [-0.15, -0.1) is 0 Å². The van der Waals surface area contributed by atoms with Gasteiger partial charge in [0.1, 0.15) is 6.29 Å². The molecule has 2 aliphatic rings. The molecule has 0 radical (unpaired) electrons. The van der Waals surface area contributed by atoms with E-state index in [1.54, 1.807) is 0 Å². The molecule has 0 aromatic heterocycles. The molecule has 0 aliphatic heterocycles. The SMILES string of the molecule is O=CC1C=CCC2CCCCC12. The summed E-state index contributed by atoms with van der Waals surface area (Å²) in [4.78, 5) is 10.8. The summed E-state index contributed by atoms with van der Waals surface area (Å²) in [5.74, 6) is 1.74. The molecule has 0 amide bonds. The number of hydrogen-bond donors (Lipinski definition) is 0. The first kappa shape index (κ1) is 8.03. The van der Waals surface area contributed by atoms with Gasteiger partial charge in [-0.1, -0.05) is 25.0 Å². The first-order valence-electron chi connectivity index (χ1n) is 5.04. The van der Waals surface area contributed by atoms with Crippen LogP contribution in [0.1, 0.15) is 32.1 Å². The van der Waals surface area contributed by atoms with Gasteiger partial charge in [-0.2, -0.15) is 0 Å². The van der Waals surface area contributed by atoms with Crippen molar-refractivity contribution in [3.05, 3.63) is 12.2 Å². The standard InChI is InChI=1S/C11H16O/c12-8-10-6-3-5-9-4-1-2-7-11(9)10/h3,6,8-11H,1-2,4-5,7H2. The van der Waals surface area contributed by atoms with Crippen LogP contribution in [0.3, 0.4) is 0 Å². The summed E-state index contributed by atoms with van der Waals surface area (Å²) in [6.45, 7) is 0. The van der Waals surface area contributed by atoms with E-state index in [9.17, 15) is 4.79 Å². The second-order valence-electron chi connectivity index (χ2n) is 4.09. The zero-order chi connectivity index (χ0) is 8.39. The monoisotopic (exact) mass is 164 g/mol. The third kappa shape index (κ3) is 1.33. The Balaban J connectivity index is 2.11. The largest absolute Gasteiger partial charge is 0.303 e. The zero-order valence-corrected chi connectivity index (χ0v) is 7.41. The summed E-state index contributed by atoms with van der Waals surface area (Å²) in [5.41, 5.74) is 0. The van der Waals surface area contributed by atoms with Gasteiger partial charge in [0.05, 0.1) is 0 Å². The van der Waals surface area contributed by atoms with Gasteiger partial charge in [-0.3, -0.25) is 0 Å². The van der Waals surface area contributed by atoms with Crippen LogP contribution in [0.4, 0.5) is 0 Å². The maximum atomic E-state index is 10.8. The summed E-state index contributed by atoms with van der Waals surface area (Å²) in [6.07, 6.45) is 12.0. The fraction of sp³-hybridized carbons (Fsp3) is 0.727. The molecule has 0 saturated heterocycles. The van der Waals surface area contributed by atoms with Crippen molar-refractivity contribution >= 4 is 6.29 Å². The molecule has 1 saturated carbocycles. The van der Waals surface area contributed by atoms with Crippen LogP contribution in [0.25, 0.3) is 0 Å². The predicted octanol–water partition coefficient (Wildman–Crippen LogP) is 2.57. The van der Waals surface area contributed by atoms with Crippen LogP contribution in [0.2, 0.25) is 0 Å². The van der Waals surface area contributed by atoms with Crippen molar-refractivity contribution in [1.82, 2.24) is 0 Å². The molecule has 12 heavy (non-hydrogen) atoms. The van der Waals surface area contributed by atoms with E-state index in [0.29, 0.717) is 5.92 Å². The van der Waals surface area contributed by atoms with Crippen molar-refractivity contribution in [2.75, 3.05) is 0 Å². The Bertz CT molecular complexity index is 195. The van der Waals surface area contributed by atoms with Gasteiger partial charge >= 0.3 is 0 Å². The molecule has 1 heteroatoms. The van der Waals surface area contributed by atoms with Gasteiger partial charge in [0.15, 0.2) is 0 Å². The quantitative estimate of drug-likeness (QED) is 0.430. The summed E-state index contributed by atoms with van der Waals surface area (Å²) in [5, 5.41) is 0. The van der Waals surface area contributed by atoms with Gasteiger partial charge < -0.3 is 4.79 Å². The second-order valence-corrected chi connectivity index (χ2v) is 4.09. The van der Waals surface area contributed by atoms with Crippen molar-refractivity contribution in [3.63, 3.8) is 0 Å². The molecular weight excluding hydrogens is 148 g/mol. The first-order valence-corrected chi connectivity index (χ1v) is 5.04. The van der Waals surface area contributed by atoms with E-state index in [0.717, 1.165) is 12.2 Å². The molecular formula is C11H16O. The minimum Gasteiger partial charge on any atom is -0.303 e. The van der Waals surface area contributed by atoms with E-state index in [-0.39, 0.29) is 5.92 Å². The smallest absolute Gasteiger partial charge is 0.127 e. The number of fused-ring (bicyclic) bond motifs is 1. The third-order valence-electron chi connectivity index (χ3n) is 3.42. The zero-order valence-electron chi connectivity index (χ0n) is 7.41. The second kappa shape index (κ2) is 3.42. The van der Waals surface area contributed by atoms with Crippen LogP contribution in [0, 0.1) is 17.8 Å². The Hall–Kier alpha value is -0.590. The lowest BCUT2D eigenvalue weighted by Gasteiger charge is -2.36. The highest BCUT2D eigenvalue weighted by atomic mass is 16.1. The highest BCUT2D eigenvalue weighted by Crippen LogP contribution is 2.39. The van der Waals surface area contributed by atoms with Gasteiger partial charge in [-0.25, -0.2) is 0 Å². The van der Waals surface area contributed by atoms with Crippen LogP contribution in [-0.4, -0.2) is 6.29 Å². The predicted molar refractivity (Wildman–Crippen MR) is 48.8 cm³/mol. The lowest BCUT2D eigenvalue weighted by atomic mass is 9.69. The molecule has 3 atom stereocenters. The first-order chi connectivity index (χ1) is 5.92. The number of carbonyl (C=O) groups is 1. The van der Waals surface area contributed by atoms with Crippen molar-refractivity contribution < 1.29 is 4.79 Å². The Kier molecular flexibility index (Phi) is 2.29. The molecule has 1 nitrogen and oxygen atoms in total. The average molecular weight is 164 g/mol. The van der Waals surface area contributed by atoms with Crippen LogP contribution in [0.5, 0.6) is 0 Å². The van der Waals surface area contributed by atoms with E-state index < -0.39 is 0 Å². The fourth-order valence-electron chi connectivity index (χ4n) is 2.74. The van der Waals surface area contributed by atoms with Crippen molar-refractivity contribution in [2.45, 2.75) is 32.1 Å². The Labute approximate surface area is 73.8 Å². The van der Waals surface area contributed by atoms with Crippen LogP contribution >= 0.6 is 0 Å². The molecule has 0 N–H and O–H groups in total. The summed E-state index contributed by atoms with van der Waals surface area (Å²) < 4.78 is 0. The fourth-order valence-corrected chi connectivity index (χ4v) is 2.74. The lowest BCUT2D eigenvalue weighted by molar-refractivity contribution is -0.112. The number of carbonyl (C=O) groups excluding carboxylic acids is 1. The molecule has 0 aromatic rings. The molecule has 0 spiro atoms. The number of aldehydes is 1. The van der Waals surface area contributed by atoms with Gasteiger partial charge in [0.25, 0.3) is 0 Å². The van der Waals surface area contributed by atoms with Crippen molar-refractivity contribution in [3.8, 4) is 0 Å².